The molecule has 0 amide bonds. The Morgan fingerprint density at radius 2 is 1.62 bits per heavy atom. The molecule has 1 aromatic rings. The quantitative estimate of drug-likeness (QED) is 0.793. The lowest BCUT2D eigenvalue weighted by atomic mass is 9.78. The van der Waals surface area contributed by atoms with Gasteiger partial charge in [0.1, 0.15) is 5.54 Å². The van der Waals surface area contributed by atoms with E-state index < -0.39 is 0 Å². The van der Waals surface area contributed by atoms with Crippen LogP contribution in [0.15, 0.2) is 24.3 Å². The van der Waals surface area contributed by atoms with Gasteiger partial charge in [-0.1, -0.05) is 24.3 Å². The number of nitrogens with zero attached hydrogens (tertiary/aromatic N) is 2. The molecule has 0 N–H and O–H groups in total. The summed E-state index contributed by atoms with van der Waals surface area (Å²) in [6.07, 6.45) is 4.53. The second-order valence-electron chi connectivity index (χ2n) is 6.68. The summed E-state index contributed by atoms with van der Waals surface area (Å²) in [5.41, 5.74) is 2.68. The van der Waals surface area contributed by atoms with Crippen LogP contribution in [0.1, 0.15) is 24.0 Å². The fraction of sp³-hybridized carbons (Fsp3) is 0.611. The molecule has 2 fully saturated rings. The fourth-order valence-corrected chi connectivity index (χ4v) is 4.88. The van der Waals surface area contributed by atoms with E-state index in [0.717, 1.165) is 39.1 Å². The number of hydrogen-bond acceptors (Lipinski definition) is 3. The van der Waals surface area contributed by atoms with Crippen LogP contribution in [-0.4, -0.2) is 36.7 Å². The minimum Gasteiger partial charge on any atom is -0.379 e. The number of rotatable bonds is 1. The minimum atomic E-state index is -0.261. The van der Waals surface area contributed by atoms with Crippen LogP contribution < -0.4 is 0 Å². The van der Waals surface area contributed by atoms with Crippen LogP contribution in [0, 0.1) is 23.2 Å². The number of ether oxygens (including phenoxy) is 1. The summed E-state index contributed by atoms with van der Waals surface area (Å²) in [6, 6.07) is 11.6. The molecule has 3 heteroatoms. The monoisotopic (exact) mass is 282 g/mol. The Kier molecular flexibility index (Phi) is 3.24. The maximum absolute atomic E-state index is 10.1. The fourth-order valence-electron chi connectivity index (χ4n) is 4.88. The van der Waals surface area contributed by atoms with Crippen LogP contribution in [0.3, 0.4) is 0 Å². The van der Waals surface area contributed by atoms with Crippen molar-refractivity contribution >= 4 is 0 Å². The van der Waals surface area contributed by atoms with Gasteiger partial charge in [-0.2, -0.15) is 5.26 Å². The van der Waals surface area contributed by atoms with E-state index in [0.29, 0.717) is 11.8 Å². The molecule has 0 aromatic heterocycles. The SMILES string of the molecule is N#CC1(N2CCOCC2)C2CCC1Cc1ccccc1C2. The maximum Gasteiger partial charge on any atom is 0.115 e. The molecule has 0 spiro atoms. The standard InChI is InChI=1S/C18H22N2O/c19-13-18(20-7-9-21-10-8-20)16-5-6-17(18)12-15-4-2-1-3-14(15)11-16/h1-4,16-17H,5-12H2. The molecule has 2 atom stereocenters. The van der Waals surface area contributed by atoms with Crippen molar-refractivity contribution in [2.75, 3.05) is 26.3 Å². The van der Waals surface area contributed by atoms with E-state index in [1.807, 2.05) is 0 Å². The highest BCUT2D eigenvalue weighted by Crippen LogP contribution is 2.50. The Balaban J connectivity index is 1.74. The molecule has 0 radical (unpaired) electrons. The number of benzene rings is 1. The number of hydrogen-bond donors (Lipinski definition) is 0. The van der Waals surface area contributed by atoms with E-state index in [1.54, 1.807) is 0 Å². The van der Waals surface area contributed by atoms with Crippen molar-refractivity contribution in [3.63, 3.8) is 0 Å². The summed E-state index contributed by atoms with van der Waals surface area (Å²) in [5, 5.41) is 10.1. The smallest absolute Gasteiger partial charge is 0.115 e. The van der Waals surface area contributed by atoms with Crippen LogP contribution in [0.5, 0.6) is 0 Å². The molecule has 1 saturated heterocycles. The molecule has 2 unspecified atom stereocenters. The largest absolute Gasteiger partial charge is 0.379 e. The predicted octanol–water partition coefficient (Wildman–Crippen LogP) is 2.41. The highest BCUT2D eigenvalue weighted by Gasteiger charge is 2.55. The summed E-state index contributed by atoms with van der Waals surface area (Å²) in [5.74, 6) is 0.962. The molecule has 21 heavy (non-hydrogen) atoms. The van der Waals surface area contributed by atoms with Crippen molar-refractivity contribution in [2.45, 2.75) is 31.2 Å². The molecule has 1 aromatic carbocycles. The Morgan fingerprint density at radius 3 is 2.14 bits per heavy atom. The predicted molar refractivity (Wildman–Crippen MR) is 80.8 cm³/mol. The van der Waals surface area contributed by atoms with Crippen LogP contribution in [-0.2, 0) is 17.6 Å². The van der Waals surface area contributed by atoms with Gasteiger partial charge in [0, 0.05) is 13.1 Å². The van der Waals surface area contributed by atoms with Gasteiger partial charge in [-0.05, 0) is 48.6 Å². The van der Waals surface area contributed by atoms with Crippen LogP contribution in [0.4, 0.5) is 0 Å². The summed E-state index contributed by atoms with van der Waals surface area (Å²) in [6.45, 7) is 3.37. The minimum absolute atomic E-state index is 0.261. The molecule has 3 nitrogen and oxygen atoms in total. The lowest BCUT2D eigenvalue weighted by Gasteiger charge is -2.44. The van der Waals surface area contributed by atoms with Gasteiger partial charge < -0.3 is 4.74 Å². The second kappa shape index (κ2) is 5.12. The normalized spacial score (nSPS) is 35.8. The van der Waals surface area contributed by atoms with Gasteiger partial charge in [0.15, 0.2) is 0 Å². The number of fused-ring (bicyclic) bond motifs is 3. The topological polar surface area (TPSA) is 36.3 Å². The highest BCUT2D eigenvalue weighted by atomic mass is 16.5. The zero-order valence-corrected chi connectivity index (χ0v) is 12.4. The van der Waals surface area contributed by atoms with E-state index in [-0.39, 0.29) is 5.54 Å². The van der Waals surface area contributed by atoms with Crippen LogP contribution >= 0.6 is 0 Å². The molecular formula is C18H22N2O. The van der Waals surface area contributed by atoms with Crippen molar-refractivity contribution in [1.82, 2.24) is 4.90 Å². The van der Waals surface area contributed by atoms with E-state index in [4.69, 9.17) is 4.74 Å². The summed E-state index contributed by atoms with van der Waals surface area (Å²) < 4.78 is 5.51. The third-order valence-electron chi connectivity index (χ3n) is 5.87. The van der Waals surface area contributed by atoms with E-state index in [9.17, 15) is 5.26 Å². The van der Waals surface area contributed by atoms with Crippen LogP contribution in [0.25, 0.3) is 0 Å². The van der Waals surface area contributed by atoms with Gasteiger partial charge >= 0.3 is 0 Å². The first-order valence-corrected chi connectivity index (χ1v) is 8.15. The Labute approximate surface area is 126 Å². The number of morpholine rings is 1. The van der Waals surface area contributed by atoms with Crippen molar-refractivity contribution in [3.8, 4) is 6.07 Å². The molecule has 2 bridgehead atoms. The van der Waals surface area contributed by atoms with Crippen molar-refractivity contribution in [1.29, 1.82) is 5.26 Å². The Bertz CT molecular complexity index is 538. The zero-order valence-electron chi connectivity index (χ0n) is 12.4. The second-order valence-corrected chi connectivity index (χ2v) is 6.68. The number of nitriles is 1. The maximum atomic E-state index is 10.1. The molecule has 3 aliphatic rings. The van der Waals surface area contributed by atoms with Crippen LogP contribution in [0.2, 0.25) is 0 Å². The van der Waals surface area contributed by atoms with Gasteiger partial charge in [-0.15, -0.1) is 0 Å². The molecule has 1 aliphatic heterocycles. The molecule has 4 rings (SSSR count). The lowest BCUT2D eigenvalue weighted by molar-refractivity contribution is -0.0297. The van der Waals surface area contributed by atoms with Crippen molar-refractivity contribution < 1.29 is 4.74 Å². The third kappa shape index (κ3) is 1.93. The highest BCUT2D eigenvalue weighted by molar-refractivity contribution is 5.35. The van der Waals surface area contributed by atoms with E-state index in [1.165, 1.54) is 24.0 Å². The van der Waals surface area contributed by atoms with E-state index in [2.05, 4.69) is 35.2 Å². The van der Waals surface area contributed by atoms with Gasteiger partial charge in [0.05, 0.1) is 19.3 Å². The Morgan fingerprint density at radius 1 is 1.05 bits per heavy atom. The van der Waals surface area contributed by atoms with E-state index >= 15 is 0 Å². The molecule has 1 saturated carbocycles. The summed E-state index contributed by atoms with van der Waals surface area (Å²) in [7, 11) is 0. The molecule has 2 aliphatic carbocycles. The van der Waals surface area contributed by atoms with Crippen molar-refractivity contribution in [2.24, 2.45) is 11.8 Å². The van der Waals surface area contributed by atoms with Gasteiger partial charge in [0.2, 0.25) is 0 Å². The average molecular weight is 282 g/mol. The zero-order chi connectivity index (χ0) is 14.3. The Hall–Kier alpha value is -1.37. The van der Waals surface area contributed by atoms with Gasteiger partial charge in [-0.25, -0.2) is 0 Å². The lowest BCUT2D eigenvalue weighted by Crippen LogP contribution is -2.58. The first-order chi connectivity index (χ1) is 10.3. The van der Waals surface area contributed by atoms with Gasteiger partial charge in [0.25, 0.3) is 0 Å². The van der Waals surface area contributed by atoms with Gasteiger partial charge in [-0.3, -0.25) is 4.90 Å². The van der Waals surface area contributed by atoms with Crippen molar-refractivity contribution in [3.05, 3.63) is 35.4 Å². The third-order valence-corrected chi connectivity index (χ3v) is 5.87. The molecular weight excluding hydrogens is 260 g/mol. The molecule has 110 valence electrons. The average Bonchev–Trinajstić information content (AvgIpc) is 2.79. The first kappa shape index (κ1) is 13.3. The molecule has 1 heterocycles. The summed E-state index contributed by atoms with van der Waals surface area (Å²) >= 11 is 0. The summed E-state index contributed by atoms with van der Waals surface area (Å²) in [4.78, 5) is 2.45. The first-order valence-electron chi connectivity index (χ1n) is 8.15.